The largest absolute Gasteiger partial charge is 0.498 e. The highest BCUT2D eigenvalue weighted by Gasteiger charge is 2.53. The summed E-state index contributed by atoms with van der Waals surface area (Å²) >= 11 is 3.26. The highest BCUT2D eigenvalue weighted by molar-refractivity contribution is 9.10. The topological polar surface area (TPSA) is 27.7 Å². The van der Waals surface area contributed by atoms with Gasteiger partial charge in [0.1, 0.15) is 11.6 Å². The summed E-state index contributed by atoms with van der Waals surface area (Å²) in [5, 5.41) is 0. The van der Waals surface area contributed by atoms with Gasteiger partial charge in [-0.1, -0.05) is 0 Å². The van der Waals surface area contributed by atoms with Crippen LogP contribution in [0.3, 0.4) is 0 Å². The second kappa shape index (κ2) is 4.45. The van der Waals surface area contributed by atoms with Crippen molar-refractivity contribution in [2.24, 2.45) is 0 Å². The molecule has 0 aliphatic carbocycles. The Morgan fingerprint density at radius 1 is 1.20 bits per heavy atom. The zero-order valence-corrected chi connectivity index (χ0v) is 13.6. The van der Waals surface area contributed by atoms with Crippen molar-refractivity contribution in [3.8, 4) is 5.75 Å². The van der Waals surface area contributed by atoms with Crippen LogP contribution in [-0.2, 0) is 15.7 Å². The highest BCUT2D eigenvalue weighted by Crippen LogP contribution is 2.39. The summed E-state index contributed by atoms with van der Waals surface area (Å²) in [6.45, 7) is 8.47. The summed E-state index contributed by atoms with van der Waals surface area (Å²) in [5.74, 6) is 0.321. The fraction of sp³-hybridized carbons (Fsp3) is 0.571. The Labute approximate surface area is 127 Å². The van der Waals surface area contributed by atoms with E-state index in [9.17, 15) is 4.39 Å². The third-order valence-corrected chi connectivity index (χ3v) is 4.98. The molecule has 108 valence electrons. The molecule has 2 aliphatic rings. The van der Waals surface area contributed by atoms with Crippen molar-refractivity contribution in [1.29, 1.82) is 0 Å². The second-order valence-corrected chi connectivity index (χ2v) is 7.11. The molecule has 0 saturated carbocycles. The molecule has 6 heteroatoms. The van der Waals surface area contributed by atoms with Gasteiger partial charge in [0.25, 0.3) is 0 Å². The van der Waals surface area contributed by atoms with Gasteiger partial charge in [0.05, 0.1) is 22.3 Å². The molecule has 3 rings (SSSR count). The van der Waals surface area contributed by atoms with Gasteiger partial charge in [-0.2, -0.15) is 0 Å². The molecule has 0 bridgehead atoms. The number of benzene rings is 1. The molecule has 0 atom stereocenters. The van der Waals surface area contributed by atoms with Gasteiger partial charge in [-0.05, 0) is 49.7 Å². The second-order valence-electron chi connectivity index (χ2n) is 6.26. The van der Waals surface area contributed by atoms with Crippen LogP contribution in [0.1, 0.15) is 33.3 Å². The van der Waals surface area contributed by atoms with E-state index in [-0.39, 0.29) is 5.82 Å². The number of hydrogen-bond acceptors (Lipinski definition) is 3. The molecule has 1 saturated heterocycles. The molecule has 0 N–H and O–H groups in total. The number of rotatable bonds is 1. The van der Waals surface area contributed by atoms with Crippen LogP contribution in [0.4, 0.5) is 4.39 Å². The van der Waals surface area contributed by atoms with Crippen LogP contribution < -0.4 is 10.2 Å². The molecule has 20 heavy (non-hydrogen) atoms. The van der Waals surface area contributed by atoms with E-state index in [4.69, 9.17) is 14.0 Å². The van der Waals surface area contributed by atoms with E-state index in [0.717, 1.165) is 5.46 Å². The maximum atomic E-state index is 14.1. The molecule has 1 aromatic carbocycles. The molecule has 0 spiro atoms. The Balaban J connectivity index is 2.05. The fourth-order valence-corrected chi connectivity index (χ4v) is 2.96. The van der Waals surface area contributed by atoms with Crippen molar-refractivity contribution in [2.75, 3.05) is 6.61 Å². The van der Waals surface area contributed by atoms with E-state index < -0.39 is 18.3 Å². The van der Waals surface area contributed by atoms with Gasteiger partial charge in [0.2, 0.25) is 0 Å². The van der Waals surface area contributed by atoms with Crippen LogP contribution >= 0.6 is 15.9 Å². The number of ether oxygens (including phenoxy) is 1. The molecule has 1 fully saturated rings. The summed E-state index contributed by atoms with van der Waals surface area (Å²) < 4.78 is 32.1. The lowest BCUT2D eigenvalue weighted by Crippen LogP contribution is -2.41. The van der Waals surface area contributed by atoms with Gasteiger partial charge in [-0.3, -0.25) is 0 Å². The van der Waals surface area contributed by atoms with Crippen molar-refractivity contribution in [2.45, 2.75) is 45.3 Å². The van der Waals surface area contributed by atoms with E-state index in [2.05, 4.69) is 15.9 Å². The Kier molecular flexibility index (Phi) is 3.20. The first kappa shape index (κ1) is 14.4. The fourth-order valence-electron chi connectivity index (χ4n) is 2.48. The van der Waals surface area contributed by atoms with Gasteiger partial charge >= 0.3 is 7.12 Å². The maximum absolute atomic E-state index is 14.1. The van der Waals surface area contributed by atoms with Gasteiger partial charge in [-0.15, -0.1) is 0 Å². The van der Waals surface area contributed by atoms with Crippen LogP contribution in [0.2, 0.25) is 0 Å². The van der Waals surface area contributed by atoms with Crippen LogP contribution in [0.15, 0.2) is 10.5 Å². The Bertz CT molecular complexity index is 558. The van der Waals surface area contributed by atoms with Gasteiger partial charge in [-0.25, -0.2) is 4.39 Å². The third-order valence-electron chi connectivity index (χ3n) is 4.40. The summed E-state index contributed by atoms with van der Waals surface area (Å²) in [5.41, 5.74) is 0.502. The minimum Gasteiger partial charge on any atom is -0.493 e. The zero-order chi connectivity index (χ0) is 14.7. The summed E-state index contributed by atoms with van der Waals surface area (Å²) in [6, 6.07) is 1.70. The van der Waals surface area contributed by atoms with E-state index in [0.29, 0.717) is 28.8 Å². The SMILES string of the molecule is CC1(C)OB(c2cc(Br)c(F)c3c2OCC3)OC1(C)C. The quantitative estimate of drug-likeness (QED) is 0.734. The number of hydrogen-bond donors (Lipinski definition) is 0. The van der Waals surface area contributed by atoms with E-state index in [1.54, 1.807) is 6.07 Å². The molecule has 0 unspecified atom stereocenters. The first-order valence-electron chi connectivity index (χ1n) is 6.72. The first-order chi connectivity index (χ1) is 9.23. The molecule has 3 nitrogen and oxygen atoms in total. The summed E-state index contributed by atoms with van der Waals surface area (Å²) in [7, 11) is -0.538. The third kappa shape index (κ3) is 2.00. The molecule has 0 radical (unpaired) electrons. The van der Waals surface area contributed by atoms with E-state index in [1.807, 2.05) is 27.7 Å². The van der Waals surface area contributed by atoms with Gasteiger partial charge in [0, 0.05) is 17.4 Å². The average molecular weight is 343 g/mol. The molecular weight excluding hydrogens is 326 g/mol. The molecule has 2 heterocycles. The predicted molar refractivity (Wildman–Crippen MR) is 79.0 cm³/mol. The van der Waals surface area contributed by atoms with Crippen molar-refractivity contribution in [3.63, 3.8) is 0 Å². The normalized spacial score (nSPS) is 22.8. The average Bonchev–Trinajstić information content (AvgIpc) is 2.88. The zero-order valence-electron chi connectivity index (χ0n) is 12.0. The van der Waals surface area contributed by atoms with E-state index >= 15 is 0 Å². The lowest BCUT2D eigenvalue weighted by Gasteiger charge is -2.32. The smallest absolute Gasteiger partial charge is 0.493 e. The first-order valence-corrected chi connectivity index (χ1v) is 7.51. The van der Waals surface area contributed by atoms with Crippen LogP contribution in [0, 0.1) is 5.82 Å². The summed E-state index contributed by atoms with van der Waals surface area (Å²) in [6.07, 6.45) is 0.577. The highest BCUT2D eigenvalue weighted by atomic mass is 79.9. The minimum absolute atomic E-state index is 0.252. The van der Waals surface area contributed by atoms with Crippen molar-refractivity contribution in [3.05, 3.63) is 21.9 Å². The molecular formula is C14H17BBrFO3. The number of fused-ring (bicyclic) bond motifs is 1. The van der Waals surface area contributed by atoms with Gasteiger partial charge < -0.3 is 14.0 Å². The van der Waals surface area contributed by atoms with Crippen molar-refractivity contribution >= 4 is 28.5 Å². The molecule has 0 amide bonds. The Hall–Kier alpha value is -0.585. The Morgan fingerprint density at radius 2 is 1.80 bits per heavy atom. The monoisotopic (exact) mass is 342 g/mol. The predicted octanol–water partition coefficient (Wildman–Crippen LogP) is 2.82. The van der Waals surface area contributed by atoms with Crippen molar-refractivity contribution in [1.82, 2.24) is 0 Å². The van der Waals surface area contributed by atoms with Gasteiger partial charge in [0.15, 0.2) is 0 Å². The lowest BCUT2D eigenvalue weighted by atomic mass is 9.77. The van der Waals surface area contributed by atoms with Crippen molar-refractivity contribution < 1.29 is 18.4 Å². The van der Waals surface area contributed by atoms with Crippen LogP contribution in [-0.4, -0.2) is 24.9 Å². The van der Waals surface area contributed by atoms with E-state index in [1.165, 1.54) is 0 Å². The minimum atomic E-state index is -0.538. The maximum Gasteiger partial charge on any atom is 0.498 e. The van der Waals surface area contributed by atoms with Crippen LogP contribution in [0.5, 0.6) is 5.75 Å². The molecule has 1 aromatic rings. The summed E-state index contributed by atoms with van der Waals surface area (Å²) in [4.78, 5) is 0. The molecule has 2 aliphatic heterocycles. The lowest BCUT2D eigenvalue weighted by molar-refractivity contribution is 0.00578. The Morgan fingerprint density at radius 3 is 2.40 bits per heavy atom. The molecule has 0 aromatic heterocycles. The standard InChI is InChI=1S/C14H17BBrFO3/c1-13(2)14(3,4)20-15(19-13)9-7-10(16)11(17)8-5-6-18-12(8)9/h7H,5-6H2,1-4H3. The number of halogens is 2. The van der Waals surface area contributed by atoms with Crippen LogP contribution in [0.25, 0.3) is 0 Å².